The molecule has 6 heteroatoms. The summed E-state index contributed by atoms with van der Waals surface area (Å²) in [5.74, 6) is 0.844. The molecule has 1 aliphatic rings. The first-order valence-corrected chi connectivity index (χ1v) is 7.75. The average Bonchev–Trinajstić information content (AvgIpc) is 2.85. The summed E-state index contributed by atoms with van der Waals surface area (Å²) in [4.78, 5) is 6.83. The fourth-order valence-electron chi connectivity index (χ4n) is 2.95. The Bertz CT molecular complexity index is 625. The average molecular weight is 312 g/mol. The van der Waals surface area contributed by atoms with Gasteiger partial charge in [0, 0.05) is 31.7 Å². The molecule has 1 aliphatic heterocycles. The molecule has 0 amide bonds. The Labute approximate surface area is 128 Å². The maximum atomic E-state index is 13.4. The van der Waals surface area contributed by atoms with Crippen LogP contribution in [0.2, 0.25) is 0 Å². The summed E-state index contributed by atoms with van der Waals surface area (Å²) in [6, 6.07) is 4.94. The van der Waals surface area contributed by atoms with Crippen LogP contribution >= 0.6 is 11.6 Å². The molecular formula is C15H19ClFN3O. The molecule has 114 valence electrons. The minimum atomic E-state index is -0.269. The van der Waals surface area contributed by atoms with Gasteiger partial charge in [-0.1, -0.05) is 0 Å². The molecule has 1 aromatic heterocycles. The van der Waals surface area contributed by atoms with Crippen molar-refractivity contribution in [3.8, 4) is 0 Å². The van der Waals surface area contributed by atoms with E-state index in [4.69, 9.17) is 16.3 Å². The fraction of sp³-hybridized carbons (Fsp3) is 0.533. The van der Waals surface area contributed by atoms with Crippen molar-refractivity contribution in [3.05, 3.63) is 29.8 Å². The molecule has 2 heterocycles. The third-order valence-corrected chi connectivity index (χ3v) is 4.15. The first-order valence-electron chi connectivity index (χ1n) is 7.21. The molecule has 21 heavy (non-hydrogen) atoms. The van der Waals surface area contributed by atoms with Gasteiger partial charge in [-0.2, -0.15) is 0 Å². The maximum absolute atomic E-state index is 13.4. The summed E-state index contributed by atoms with van der Waals surface area (Å²) in [5.41, 5.74) is 1.60. The van der Waals surface area contributed by atoms with Crippen LogP contribution in [0.3, 0.4) is 0 Å². The van der Waals surface area contributed by atoms with Gasteiger partial charge in [0.05, 0.1) is 30.1 Å². The molecule has 0 spiro atoms. The van der Waals surface area contributed by atoms with Crippen LogP contribution in [-0.2, 0) is 10.6 Å². The molecule has 0 bridgehead atoms. The summed E-state index contributed by atoms with van der Waals surface area (Å²) in [5, 5.41) is 0. The number of aromatic nitrogens is 2. The summed E-state index contributed by atoms with van der Waals surface area (Å²) in [6.45, 7) is 6.52. The van der Waals surface area contributed by atoms with Crippen molar-refractivity contribution >= 4 is 22.6 Å². The predicted octanol–water partition coefficient (Wildman–Crippen LogP) is 2.81. The lowest BCUT2D eigenvalue weighted by atomic mass is 10.2. The Kier molecular flexibility index (Phi) is 4.42. The lowest BCUT2D eigenvalue weighted by Crippen LogP contribution is -2.39. The van der Waals surface area contributed by atoms with E-state index in [2.05, 4.69) is 21.4 Å². The molecule has 1 unspecified atom stereocenters. The molecule has 1 saturated heterocycles. The number of benzene rings is 1. The second-order valence-corrected chi connectivity index (χ2v) is 5.69. The van der Waals surface area contributed by atoms with Crippen LogP contribution in [0.5, 0.6) is 0 Å². The zero-order chi connectivity index (χ0) is 14.8. The Morgan fingerprint density at radius 1 is 1.38 bits per heavy atom. The summed E-state index contributed by atoms with van der Waals surface area (Å²) in [7, 11) is 0. The zero-order valence-electron chi connectivity index (χ0n) is 12.1. The quantitative estimate of drug-likeness (QED) is 0.813. The molecule has 2 aromatic rings. The van der Waals surface area contributed by atoms with E-state index >= 15 is 0 Å². The van der Waals surface area contributed by atoms with Crippen LogP contribution in [0.15, 0.2) is 18.2 Å². The normalized spacial score (nSPS) is 18.2. The molecule has 0 N–H and O–H groups in total. The van der Waals surface area contributed by atoms with Crippen molar-refractivity contribution < 1.29 is 9.13 Å². The van der Waals surface area contributed by atoms with Crippen molar-refractivity contribution in [2.75, 3.05) is 32.8 Å². The highest BCUT2D eigenvalue weighted by Crippen LogP contribution is 2.24. The van der Waals surface area contributed by atoms with Crippen molar-refractivity contribution in [2.24, 2.45) is 0 Å². The maximum Gasteiger partial charge on any atom is 0.125 e. The summed E-state index contributed by atoms with van der Waals surface area (Å²) >= 11 is 6.02. The predicted molar refractivity (Wildman–Crippen MR) is 81.2 cm³/mol. The molecule has 0 saturated carbocycles. The smallest absolute Gasteiger partial charge is 0.125 e. The number of rotatable bonds is 4. The Hall–Kier alpha value is -1.17. The second-order valence-electron chi connectivity index (χ2n) is 5.43. The molecule has 4 nitrogen and oxygen atoms in total. The van der Waals surface area contributed by atoms with Gasteiger partial charge < -0.3 is 9.30 Å². The molecule has 3 rings (SSSR count). The van der Waals surface area contributed by atoms with Gasteiger partial charge in [-0.05, 0) is 19.1 Å². The SMILES string of the molecule is CC(CN1CCOCC1)n1c(CCl)nc2cc(F)ccc21. The summed E-state index contributed by atoms with van der Waals surface area (Å²) < 4.78 is 20.8. The van der Waals surface area contributed by atoms with E-state index in [1.807, 2.05) is 0 Å². The topological polar surface area (TPSA) is 30.3 Å². The van der Waals surface area contributed by atoms with Gasteiger partial charge in [-0.15, -0.1) is 11.6 Å². The second kappa shape index (κ2) is 6.30. The van der Waals surface area contributed by atoms with Gasteiger partial charge in [-0.25, -0.2) is 9.37 Å². The number of hydrogen-bond acceptors (Lipinski definition) is 3. The highest BCUT2D eigenvalue weighted by molar-refractivity contribution is 6.16. The molecule has 1 aromatic carbocycles. The first-order chi connectivity index (χ1) is 10.2. The van der Waals surface area contributed by atoms with Crippen molar-refractivity contribution in [1.82, 2.24) is 14.5 Å². The Morgan fingerprint density at radius 3 is 2.86 bits per heavy atom. The number of ether oxygens (including phenoxy) is 1. The van der Waals surface area contributed by atoms with Crippen LogP contribution in [0, 0.1) is 5.82 Å². The number of morpholine rings is 1. The number of alkyl halides is 1. The zero-order valence-corrected chi connectivity index (χ0v) is 12.8. The highest BCUT2D eigenvalue weighted by Gasteiger charge is 2.19. The van der Waals surface area contributed by atoms with Gasteiger partial charge in [0.1, 0.15) is 11.6 Å². The molecule has 0 radical (unpaired) electrons. The van der Waals surface area contributed by atoms with Gasteiger partial charge >= 0.3 is 0 Å². The van der Waals surface area contributed by atoms with Crippen LogP contribution in [0.1, 0.15) is 18.8 Å². The third kappa shape index (κ3) is 3.05. The van der Waals surface area contributed by atoms with E-state index < -0.39 is 0 Å². The highest BCUT2D eigenvalue weighted by atomic mass is 35.5. The van der Waals surface area contributed by atoms with Gasteiger partial charge in [0.25, 0.3) is 0 Å². The molecule has 1 fully saturated rings. The lowest BCUT2D eigenvalue weighted by molar-refractivity contribution is 0.0326. The van der Waals surface area contributed by atoms with E-state index in [0.717, 1.165) is 44.2 Å². The van der Waals surface area contributed by atoms with E-state index in [0.29, 0.717) is 11.4 Å². The van der Waals surface area contributed by atoms with Crippen LogP contribution in [-0.4, -0.2) is 47.3 Å². The first kappa shape index (κ1) is 14.8. The molecule has 0 aliphatic carbocycles. The van der Waals surface area contributed by atoms with E-state index in [9.17, 15) is 4.39 Å². The van der Waals surface area contributed by atoms with E-state index in [-0.39, 0.29) is 11.9 Å². The number of imidazole rings is 1. The van der Waals surface area contributed by atoms with Crippen molar-refractivity contribution in [3.63, 3.8) is 0 Å². The Morgan fingerprint density at radius 2 is 2.14 bits per heavy atom. The van der Waals surface area contributed by atoms with Crippen molar-refractivity contribution in [1.29, 1.82) is 0 Å². The molecular weight excluding hydrogens is 293 g/mol. The largest absolute Gasteiger partial charge is 0.379 e. The lowest BCUT2D eigenvalue weighted by Gasteiger charge is -2.30. The van der Waals surface area contributed by atoms with Gasteiger partial charge in [-0.3, -0.25) is 4.90 Å². The van der Waals surface area contributed by atoms with E-state index in [1.54, 1.807) is 6.07 Å². The number of hydrogen-bond donors (Lipinski definition) is 0. The van der Waals surface area contributed by atoms with Gasteiger partial charge in [0.15, 0.2) is 0 Å². The third-order valence-electron chi connectivity index (χ3n) is 3.91. The number of fused-ring (bicyclic) bond motifs is 1. The number of nitrogens with zero attached hydrogens (tertiary/aromatic N) is 3. The fourth-order valence-corrected chi connectivity index (χ4v) is 3.14. The Balaban J connectivity index is 1.90. The number of halogens is 2. The summed E-state index contributed by atoms with van der Waals surface area (Å²) in [6.07, 6.45) is 0. The van der Waals surface area contributed by atoms with Crippen molar-refractivity contribution in [2.45, 2.75) is 18.8 Å². The molecule has 1 atom stereocenters. The monoisotopic (exact) mass is 311 g/mol. The minimum absolute atomic E-state index is 0.229. The van der Waals surface area contributed by atoms with Crippen LogP contribution in [0.25, 0.3) is 11.0 Å². The van der Waals surface area contributed by atoms with E-state index in [1.165, 1.54) is 12.1 Å². The minimum Gasteiger partial charge on any atom is -0.379 e. The van der Waals surface area contributed by atoms with Gasteiger partial charge in [0.2, 0.25) is 0 Å². The van der Waals surface area contributed by atoms with Crippen LogP contribution < -0.4 is 0 Å². The standard InChI is InChI=1S/C15H19ClFN3O/c1-11(10-19-4-6-21-7-5-19)20-14-3-2-12(17)8-13(14)18-15(20)9-16/h2-3,8,11H,4-7,9-10H2,1H3. The van der Waals surface area contributed by atoms with Crippen LogP contribution in [0.4, 0.5) is 4.39 Å².